The van der Waals surface area contributed by atoms with Crippen LogP contribution in [0.2, 0.25) is 4.34 Å². The third kappa shape index (κ3) is 2.38. The maximum Gasteiger partial charge on any atom is 0.0997 e. The molecule has 5 nitrogen and oxygen atoms in total. The van der Waals surface area contributed by atoms with Crippen LogP contribution in [0.1, 0.15) is 41.9 Å². The summed E-state index contributed by atoms with van der Waals surface area (Å²) in [5, 5.41) is 12.0. The number of piperidine rings is 1. The molecule has 2 aliphatic heterocycles. The van der Waals surface area contributed by atoms with Crippen LogP contribution in [0.5, 0.6) is 0 Å². The molecular weight excluding hydrogens is 320 g/mol. The Hall–Kier alpha value is -0.950. The van der Waals surface area contributed by atoms with Gasteiger partial charge in [0.25, 0.3) is 0 Å². The number of hydrogen-bond acceptors (Lipinski definition) is 5. The van der Waals surface area contributed by atoms with E-state index in [0.717, 1.165) is 35.9 Å². The molecule has 0 bridgehead atoms. The number of aryl methyl sites for hydroxylation is 1. The van der Waals surface area contributed by atoms with Gasteiger partial charge in [0.15, 0.2) is 0 Å². The van der Waals surface area contributed by atoms with Crippen molar-refractivity contribution in [1.29, 1.82) is 0 Å². The Balaban J connectivity index is 1.72. The average Bonchev–Trinajstić information content (AvgIpc) is 3.04. The second-order valence-electron chi connectivity index (χ2n) is 6.33. The Labute approximate surface area is 138 Å². The van der Waals surface area contributed by atoms with Crippen LogP contribution in [0.15, 0.2) is 12.3 Å². The zero-order valence-corrected chi connectivity index (χ0v) is 14.2. The molecule has 7 heteroatoms. The summed E-state index contributed by atoms with van der Waals surface area (Å²) in [5.41, 5.74) is 2.02. The molecule has 118 valence electrons. The number of fused-ring (bicyclic) bond motifs is 2. The minimum absolute atomic E-state index is 0.155. The third-order valence-electron chi connectivity index (χ3n) is 4.61. The molecule has 2 aromatic rings. The van der Waals surface area contributed by atoms with Gasteiger partial charge in [-0.3, -0.25) is 4.68 Å². The smallest absolute Gasteiger partial charge is 0.0997 e. The number of nitrogens with zero attached hydrogens (tertiary/aromatic N) is 3. The Morgan fingerprint density at radius 2 is 2.36 bits per heavy atom. The Morgan fingerprint density at radius 1 is 1.50 bits per heavy atom. The maximum atomic E-state index is 6.33. The fraction of sp³-hybridized carbons (Fsp3) is 0.600. The molecule has 0 saturated carbocycles. The maximum absolute atomic E-state index is 6.33. The van der Waals surface area contributed by atoms with Crippen LogP contribution in [0.3, 0.4) is 0 Å². The van der Waals surface area contributed by atoms with Gasteiger partial charge in [0.05, 0.1) is 28.3 Å². The van der Waals surface area contributed by atoms with Crippen LogP contribution in [-0.4, -0.2) is 27.6 Å². The van der Waals surface area contributed by atoms with Crippen LogP contribution in [-0.2, 0) is 23.8 Å². The monoisotopic (exact) mass is 338 g/mol. The van der Waals surface area contributed by atoms with E-state index in [-0.39, 0.29) is 11.6 Å². The minimum atomic E-state index is -0.246. The van der Waals surface area contributed by atoms with Crippen molar-refractivity contribution in [3.8, 4) is 0 Å². The lowest BCUT2D eigenvalue weighted by molar-refractivity contribution is -0.0978. The quantitative estimate of drug-likeness (QED) is 0.868. The summed E-state index contributed by atoms with van der Waals surface area (Å²) in [4.78, 5) is 1.38. The highest BCUT2D eigenvalue weighted by atomic mass is 35.5. The highest BCUT2D eigenvalue weighted by Crippen LogP contribution is 2.48. The molecule has 0 aromatic carbocycles. The van der Waals surface area contributed by atoms with Gasteiger partial charge in [-0.2, -0.15) is 0 Å². The molecule has 22 heavy (non-hydrogen) atoms. The molecule has 0 aliphatic carbocycles. The molecule has 1 saturated heterocycles. The molecule has 3 atom stereocenters. The lowest BCUT2D eigenvalue weighted by Gasteiger charge is -2.46. The molecule has 4 heterocycles. The topological polar surface area (TPSA) is 52.0 Å². The Morgan fingerprint density at radius 3 is 3.14 bits per heavy atom. The summed E-state index contributed by atoms with van der Waals surface area (Å²) in [7, 11) is 1.90. The molecule has 2 aromatic heterocycles. The van der Waals surface area contributed by atoms with E-state index >= 15 is 0 Å². The van der Waals surface area contributed by atoms with E-state index in [2.05, 4.69) is 28.6 Å². The number of aromatic nitrogens is 3. The Bertz CT molecular complexity index is 700. The van der Waals surface area contributed by atoms with Crippen LogP contribution in [0.4, 0.5) is 0 Å². The van der Waals surface area contributed by atoms with Crippen molar-refractivity contribution in [2.75, 3.05) is 6.61 Å². The SMILES string of the molecule is C[C@H]1C[C@@]2(C[C@@H](c3cn(C)nn3)N1)OCCc1sc(Cl)cc12. The lowest BCUT2D eigenvalue weighted by atomic mass is 9.77. The average molecular weight is 339 g/mol. The number of nitrogens with one attached hydrogen (secondary N) is 1. The fourth-order valence-electron chi connectivity index (χ4n) is 3.81. The predicted molar refractivity (Wildman–Crippen MR) is 86.2 cm³/mol. The van der Waals surface area contributed by atoms with E-state index in [0.29, 0.717) is 6.04 Å². The van der Waals surface area contributed by atoms with Crippen molar-refractivity contribution in [1.82, 2.24) is 20.3 Å². The number of halogens is 1. The molecule has 0 radical (unpaired) electrons. The van der Waals surface area contributed by atoms with Crippen molar-refractivity contribution in [3.05, 3.63) is 32.7 Å². The van der Waals surface area contributed by atoms with Crippen molar-refractivity contribution >= 4 is 22.9 Å². The van der Waals surface area contributed by atoms with E-state index in [1.807, 2.05) is 13.2 Å². The second kappa shape index (κ2) is 5.30. The number of rotatable bonds is 1. The molecule has 1 N–H and O–H groups in total. The molecular formula is C15H19ClN4OS. The van der Waals surface area contributed by atoms with Crippen molar-refractivity contribution in [2.24, 2.45) is 7.05 Å². The minimum Gasteiger partial charge on any atom is -0.370 e. The first kappa shape index (κ1) is 14.6. The van der Waals surface area contributed by atoms with Gasteiger partial charge in [0.2, 0.25) is 0 Å². The van der Waals surface area contributed by atoms with E-state index in [1.54, 1.807) is 16.0 Å². The van der Waals surface area contributed by atoms with Gasteiger partial charge < -0.3 is 10.1 Å². The highest BCUT2D eigenvalue weighted by Gasteiger charge is 2.46. The first-order valence-electron chi connectivity index (χ1n) is 7.61. The summed E-state index contributed by atoms with van der Waals surface area (Å²) in [6.45, 7) is 2.97. The van der Waals surface area contributed by atoms with Crippen molar-refractivity contribution in [3.63, 3.8) is 0 Å². The summed E-state index contributed by atoms with van der Waals surface area (Å²) in [6, 6.07) is 2.61. The highest BCUT2D eigenvalue weighted by molar-refractivity contribution is 7.16. The van der Waals surface area contributed by atoms with Crippen LogP contribution in [0, 0.1) is 0 Å². The molecule has 1 fully saturated rings. The molecule has 0 amide bonds. The van der Waals surface area contributed by atoms with Crippen molar-refractivity contribution < 1.29 is 4.74 Å². The van der Waals surface area contributed by atoms with Crippen LogP contribution in [0.25, 0.3) is 0 Å². The van der Waals surface area contributed by atoms with Gasteiger partial charge in [0, 0.05) is 37.0 Å². The van der Waals surface area contributed by atoms with Gasteiger partial charge in [-0.05, 0) is 25.0 Å². The van der Waals surface area contributed by atoms with Gasteiger partial charge in [-0.15, -0.1) is 16.4 Å². The third-order valence-corrected chi connectivity index (χ3v) is 5.93. The number of thiophene rings is 1. The lowest BCUT2D eigenvalue weighted by Crippen LogP contribution is -2.49. The van der Waals surface area contributed by atoms with Gasteiger partial charge >= 0.3 is 0 Å². The van der Waals surface area contributed by atoms with Gasteiger partial charge in [-0.1, -0.05) is 16.8 Å². The summed E-state index contributed by atoms with van der Waals surface area (Å²) < 4.78 is 8.93. The zero-order valence-electron chi connectivity index (χ0n) is 12.7. The normalized spacial score (nSPS) is 31.4. The standard InChI is InChI=1S/C15H19ClN4OS/c1-9-6-15(7-11(17-9)12-8-20(2)19-18-12)10-5-14(16)22-13(10)3-4-21-15/h5,8-9,11,17H,3-4,6-7H2,1-2H3/t9-,11-,15-/m0/s1. The predicted octanol–water partition coefficient (Wildman–Crippen LogP) is 2.81. The molecule has 2 aliphatic rings. The van der Waals surface area contributed by atoms with E-state index in [1.165, 1.54) is 10.4 Å². The van der Waals surface area contributed by atoms with Gasteiger partial charge in [0.1, 0.15) is 0 Å². The first-order valence-corrected chi connectivity index (χ1v) is 8.80. The van der Waals surface area contributed by atoms with E-state index in [9.17, 15) is 0 Å². The summed E-state index contributed by atoms with van der Waals surface area (Å²) in [5.74, 6) is 0. The second-order valence-corrected chi connectivity index (χ2v) is 8.09. The number of hydrogen-bond donors (Lipinski definition) is 1. The van der Waals surface area contributed by atoms with Gasteiger partial charge in [-0.25, -0.2) is 0 Å². The fourth-order valence-corrected chi connectivity index (χ4v) is 5.15. The Kier molecular flexibility index (Phi) is 3.52. The number of ether oxygens (including phenoxy) is 1. The first-order chi connectivity index (χ1) is 10.6. The van der Waals surface area contributed by atoms with Crippen molar-refractivity contribution in [2.45, 2.75) is 43.9 Å². The largest absolute Gasteiger partial charge is 0.370 e. The van der Waals surface area contributed by atoms with Crippen LogP contribution >= 0.6 is 22.9 Å². The zero-order chi connectivity index (χ0) is 15.3. The molecule has 1 spiro atoms. The van der Waals surface area contributed by atoms with Crippen LogP contribution < -0.4 is 5.32 Å². The summed E-state index contributed by atoms with van der Waals surface area (Å²) >= 11 is 7.96. The van der Waals surface area contributed by atoms with E-state index < -0.39 is 0 Å². The molecule has 0 unspecified atom stereocenters. The van der Waals surface area contributed by atoms with E-state index in [4.69, 9.17) is 16.3 Å². The summed E-state index contributed by atoms with van der Waals surface area (Å²) in [6.07, 6.45) is 4.78. The molecule has 4 rings (SSSR count).